The Hall–Kier alpha value is -1.97. The van der Waals surface area contributed by atoms with E-state index in [4.69, 9.17) is 0 Å². The molecule has 2 N–H and O–H groups in total. The van der Waals surface area contributed by atoms with E-state index in [-0.39, 0.29) is 12.4 Å². The second kappa shape index (κ2) is 7.51. The number of hydrogen-bond acceptors (Lipinski definition) is 2. The number of aromatic hydroxyl groups is 1. The van der Waals surface area contributed by atoms with Crippen LogP contribution in [0.2, 0.25) is 0 Å². The van der Waals surface area contributed by atoms with Crippen molar-refractivity contribution >= 4 is 23.3 Å². The van der Waals surface area contributed by atoms with Gasteiger partial charge in [-0.1, -0.05) is 30.3 Å². The van der Waals surface area contributed by atoms with Crippen molar-refractivity contribution in [2.75, 3.05) is 13.6 Å². The van der Waals surface area contributed by atoms with E-state index in [1.807, 2.05) is 12.1 Å². The van der Waals surface area contributed by atoms with Crippen LogP contribution in [0.15, 0.2) is 48.5 Å². The zero-order valence-electron chi connectivity index (χ0n) is 14.5. The van der Waals surface area contributed by atoms with Gasteiger partial charge in [0.1, 0.15) is 5.75 Å². The number of phenols is 1. The molecule has 3 nitrogen and oxygen atoms in total. The zero-order chi connectivity index (χ0) is 16.5. The molecular weight excluding hydrogens is 332 g/mol. The molecule has 1 atom stereocenters. The van der Waals surface area contributed by atoms with Crippen molar-refractivity contribution in [1.29, 1.82) is 0 Å². The number of nitrogens with one attached hydrogen (secondary N) is 1. The fourth-order valence-corrected chi connectivity index (χ4v) is 3.90. The SMILES string of the molecule is CN(CCc1ccccc1)C1CCc2[nH]c3ccc(O)cc3c2C1.Cl. The third-order valence-corrected chi connectivity index (χ3v) is 5.36. The van der Waals surface area contributed by atoms with Gasteiger partial charge in [-0.3, -0.25) is 0 Å². The van der Waals surface area contributed by atoms with E-state index < -0.39 is 0 Å². The Labute approximate surface area is 155 Å². The Balaban J connectivity index is 0.00000182. The third kappa shape index (κ3) is 3.68. The van der Waals surface area contributed by atoms with Gasteiger partial charge >= 0.3 is 0 Å². The Kier molecular flexibility index (Phi) is 5.36. The summed E-state index contributed by atoms with van der Waals surface area (Å²) in [5.74, 6) is 0.351. The molecule has 0 radical (unpaired) electrons. The van der Waals surface area contributed by atoms with Crippen molar-refractivity contribution in [3.8, 4) is 5.75 Å². The van der Waals surface area contributed by atoms with Crippen LogP contribution in [0.4, 0.5) is 0 Å². The van der Waals surface area contributed by atoms with Crippen LogP contribution in [-0.4, -0.2) is 34.6 Å². The van der Waals surface area contributed by atoms with E-state index >= 15 is 0 Å². The minimum absolute atomic E-state index is 0. The minimum atomic E-state index is 0. The first-order valence-electron chi connectivity index (χ1n) is 8.77. The predicted octanol–water partition coefficient (Wildman–Crippen LogP) is 4.33. The van der Waals surface area contributed by atoms with Gasteiger partial charge in [0.2, 0.25) is 0 Å². The highest BCUT2D eigenvalue weighted by atomic mass is 35.5. The number of nitrogens with zero attached hydrogens (tertiary/aromatic N) is 1. The molecule has 3 aromatic rings. The first-order valence-corrected chi connectivity index (χ1v) is 8.77. The van der Waals surface area contributed by atoms with Crippen molar-refractivity contribution in [1.82, 2.24) is 9.88 Å². The highest BCUT2D eigenvalue weighted by Gasteiger charge is 2.25. The lowest BCUT2D eigenvalue weighted by Crippen LogP contribution is -2.37. The second-order valence-electron chi connectivity index (χ2n) is 6.92. The number of benzene rings is 2. The number of halogens is 1. The molecule has 1 unspecified atom stereocenters. The van der Waals surface area contributed by atoms with Gasteiger partial charge in [-0.05, 0) is 62.1 Å². The molecule has 4 rings (SSSR count). The summed E-state index contributed by atoms with van der Waals surface area (Å²) in [6, 6.07) is 16.9. The Morgan fingerprint density at radius 3 is 2.76 bits per heavy atom. The van der Waals surface area contributed by atoms with Crippen LogP contribution in [0.25, 0.3) is 10.9 Å². The van der Waals surface area contributed by atoms with Crippen molar-refractivity contribution in [3.63, 3.8) is 0 Å². The van der Waals surface area contributed by atoms with Gasteiger partial charge in [0, 0.05) is 29.2 Å². The molecule has 0 fully saturated rings. The van der Waals surface area contributed by atoms with Gasteiger partial charge in [0.05, 0.1) is 0 Å². The van der Waals surface area contributed by atoms with Gasteiger partial charge in [-0.25, -0.2) is 0 Å². The van der Waals surface area contributed by atoms with Gasteiger partial charge in [0.15, 0.2) is 0 Å². The highest BCUT2D eigenvalue weighted by Crippen LogP contribution is 2.32. The molecular formula is C21H25ClN2O. The van der Waals surface area contributed by atoms with Crippen LogP contribution in [-0.2, 0) is 19.3 Å². The molecule has 0 bridgehead atoms. The van der Waals surface area contributed by atoms with Crippen LogP contribution in [0.5, 0.6) is 5.75 Å². The first kappa shape index (κ1) is 17.8. The number of likely N-dealkylation sites (N-methyl/N-ethyl adjacent to an activating group) is 1. The summed E-state index contributed by atoms with van der Waals surface area (Å²) in [6.45, 7) is 1.08. The molecule has 0 spiro atoms. The zero-order valence-corrected chi connectivity index (χ0v) is 15.4. The molecule has 1 aliphatic carbocycles. The minimum Gasteiger partial charge on any atom is -0.508 e. The van der Waals surface area contributed by atoms with E-state index in [2.05, 4.69) is 47.3 Å². The average molecular weight is 357 g/mol. The van der Waals surface area contributed by atoms with E-state index in [1.165, 1.54) is 28.6 Å². The number of H-pyrrole nitrogens is 1. The topological polar surface area (TPSA) is 39.3 Å². The molecule has 1 aromatic heterocycles. The summed E-state index contributed by atoms with van der Waals surface area (Å²) in [5.41, 5.74) is 5.29. The summed E-state index contributed by atoms with van der Waals surface area (Å²) in [5, 5.41) is 11.0. The molecule has 132 valence electrons. The van der Waals surface area contributed by atoms with Gasteiger partial charge in [0.25, 0.3) is 0 Å². The fourth-order valence-electron chi connectivity index (χ4n) is 3.90. The van der Waals surface area contributed by atoms with E-state index in [1.54, 1.807) is 6.07 Å². The lowest BCUT2D eigenvalue weighted by molar-refractivity contribution is 0.224. The largest absolute Gasteiger partial charge is 0.508 e. The van der Waals surface area contributed by atoms with Crippen LogP contribution in [0.3, 0.4) is 0 Å². The summed E-state index contributed by atoms with van der Waals surface area (Å²) >= 11 is 0. The van der Waals surface area contributed by atoms with E-state index in [0.29, 0.717) is 11.8 Å². The van der Waals surface area contributed by atoms with Gasteiger partial charge in [-0.15, -0.1) is 12.4 Å². The predicted molar refractivity (Wildman–Crippen MR) is 106 cm³/mol. The molecule has 25 heavy (non-hydrogen) atoms. The van der Waals surface area contributed by atoms with Gasteiger partial charge < -0.3 is 15.0 Å². The average Bonchev–Trinajstić information content (AvgIpc) is 2.97. The molecule has 0 amide bonds. The molecule has 4 heteroatoms. The maximum absolute atomic E-state index is 9.81. The molecule has 1 heterocycles. The van der Waals surface area contributed by atoms with Crippen molar-refractivity contribution in [2.24, 2.45) is 0 Å². The quantitative estimate of drug-likeness (QED) is 0.730. The van der Waals surface area contributed by atoms with Crippen LogP contribution in [0.1, 0.15) is 23.2 Å². The number of hydrogen-bond donors (Lipinski definition) is 2. The number of aromatic nitrogens is 1. The highest BCUT2D eigenvalue weighted by molar-refractivity contribution is 5.86. The molecule has 1 aliphatic rings. The number of rotatable bonds is 4. The fraction of sp³-hybridized carbons (Fsp3) is 0.333. The van der Waals surface area contributed by atoms with Crippen LogP contribution in [0, 0.1) is 0 Å². The Morgan fingerprint density at radius 2 is 1.96 bits per heavy atom. The summed E-state index contributed by atoms with van der Waals surface area (Å²) < 4.78 is 0. The van der Waals surface area contributed by atoms with Crippen LogP contribution < -0.4 is 0 Å². The Morgan fingerprint density at radius 1 is 1.16 bits per heavy atom. The van der Waals surface area contributed by atoms with Crippen molar-refractivity contribution in [2.45, 2.75) is 31.7 Å². The summed E-state index contributed by atoms with van der Waals surface area (Å²) in [4.78, 5) is 6.03. The number of aryl methyl sites for hydroxylation is 1. The standard InChI is InChI=1S/C21H24N2O.ClH/c1-23(12-11-15-5-3-2-4-6-15)16-7-9-20-18(13-16)19-14-17(24)8-10-21(19)22-20;/h2-6,8,10,14,16,22,24H,7,9,11-13H2,1H3;1H. The smallest absolute Gasteiger partial charge is 0.116 e. The lowest BCUT2D eigenvalue weighted by Gasteiger charge is -2.31. The van der Waals surface area contributed by atoms with Crippen molar-refractivity contribution in [3.05, 3.63) is 65.4 Å². The number of aromatic amines is 1. The van der Waals surface area contributed by atoms with Crippen molar-refractivity contribution < 1.29 is 5.11 Å². The van der Waals surface area contributed by atoms with E-state index in [0.717, 1.165) is 31.3 Å². The molecule has 0 saturated carbocycles. The molecule has 0 saturated heterocycles. The second-order valence-corrected chi connectivity index (χ2v) is 6.92. The lowest BCUT2D eigenvalue weighted by atomic mass is 9.90. The molecule has 0 aliphatic heterocycles. The van der Waals surface area contributed by atoms with E-state index in [9.17, 15) is 5.11 Å². The monoisotopic (exact) mass is 356 g/mol. The maximum Gasteiger partial charge on any atom is 0.116 e. The summed E-state index contributed by atoms with van der Waals surface area (Å²) in [7, 11) is 2.24. The van der Waals surface area contributed by atoms with Gasteiger partial charge in [-0.2, -0.15) is 0 Å². The first-order chi connectivity index (χ1) is 11.7. The Bertz CT molecular complexity index is 844. The normalized spacial score (nSPS) is 16.6. The number of fused-ring (bicyclic) bond motifs is 3. The number of phenolic OH excluding ortho intramolecular Hbond substituents is 1. The maximum atomic E-state index is 9.81. The molecule has 2 aromatic carbocycles. The summed E-state index contributed by atoms with van der Waals surface area (Å²) in [6.07, 6.45) is 4.43. The third-order valence-electron chi connectivity index (χ3n) is 5.36. The van der Waals surface area contributed by atoms with Crippen LogP contribution >= 0.6 is 12.4 Å².